The molecule has 9 N–H and O–H groups in total. The van der Waals surface area contributed by atoms with Crippen LogP contribution in [0.4, 0.5) is 0 Å². The number of amides is 3. The fraction of sp³-hybridized carbons (Fsp3) is 0.0833. The Morgan fingerprint density at radius 3 is 1.81 bits per heavy atom. The number of carbonyl (C=O) groups excluding carboxylic acids is 3. The van der Waals surface area contributed by atoms with Gasteiger partial charge in [-0.2, -0.15) is 0 Å². The molecule has 1 aromatic heterocycles. The van der Waals surface area contributed by atoms with E-state index in [0.717, 1.165) is 0 Å². The second-order valence-corrected chi connectivity index (χ2v) is 7.83. The Kier molecular flexibility index (Phi) is 6.92. The number of allylic oxidation sites excluding steroid dienone is 2. The Hall–Kier alpha value is -4.78. The molecule has 1 heterocycles. The van der Waals surface area contributed by atoms with Crippen LogP contribution in [0.2, 0.25) is 0 Å². The molecule has 0 aliphatic heterocycles. The maximum atomic E-state index is 13.8. The predicted molar refractivity (Wildman–Crippen MR) is 130 cm³/mol. The van der Waals surface area contributed by atoms with E-state index in [1.807, 2.05) is 17.6 Å². The normalized spacial score (nSPS) is 18.6. The zero-order valence-electron chi connectivity index (χ0n) is 18.9. The smallest absolute Gasteiger partial charge is 0.261 e. The summed E-state index contributed by atoms with van der Waals surface area (Å²) < 4.78 is 0. The lowest BCUT2D eigenvalue weighted by atomic mass is 9.62. The third-order valence-corrected chi connectivity index (χ3v) is 5.98. The predicted octanol–water partition coefficient (Wildman–Crippen LogP) is -0.474. The molecule has 2 unspecified atom stereocenters. The van der Waals surface area contributed by atoms with Crippen molar-refractivity contribution in [2.75, 3.05) is 0 Å². The molecule has 2 aromatic carbocycles. The summed E-state index contributed by atoms with van der Waals surface area (Å²) in [5, 5.41) is 12.5. The summed E-state index contributed by atoms with van der Waals surface area (Å²) >= 11 is 0. The van der Waals surface area contributed by atoms with Crippen molar-refractivity contribution in [3.8, 4) is 22.5 Å². The molecule has 4 rings (SSSR count). The van der Waals surface area contributed by atoms with Crippen LogP contribution in [0.5, 0.6) is 0 Å². The van der Waals surface area contributed by atoms with Crippen LogP contribution >= 0.6 is 0 Å². The standard InChI is InChI=1S/C24H23N9O3/c25-28-21(34)16-12-7-13-24(23(36)30-27,17(16)22(35)29-26)18-19(14-8-3-1-4-9-14)31-33-32-20(18)15-10-5-2-6-11-15/h1-13,17H,25-27H2,(H,28,34)(H,29,35)(H,30,36). The van der Waals surface area contributed by atoms with E-state index in [-0.39, 0.29) is 22.5 Å². The van der Waals surface area contributed by atoms with E-state index in [4.69, 9.17) is 17.5 Å². The molecule has 0 saturated carbocycles. The highest BCUT2D eigenvalue weighted by molar-refractivity contribution is 6.08. The zero-order chi connectivity index (χ0) is 25.7. The Morgan fingerprint density at radius 1 is 0.778 bits per heavy atom. The summed E-state index contributed by atoms with van der Waals surface area (Å²) in [5.74, 6) is 12.6. The molecule has 1 aliphatic rings. The second-order valence-electron chi connectivity index (χ2n) is 7.83. The van der Waals surface area contributed by atoms with E-state index in [1.165, 1.54) is 18.2 Å². The lowest BCUT2D eigenvalue weighted by Gasteiger charge is -2.39. The van der Waals surface area contributed by atoms with Crippen molar-refractivity contribution >= 4 is 17.7 Å². The highest BCUT2D eigenvalue weighted by Crippen LogP contribution is 2.47. The van der Waals surface area contributed by atoms with Crippen molar-refractivity contribution in [1.29, 1.82) is 0 Å². The van der Waals surface area contributed by atoms with E-state index in [0.29, 0.717) is 11.1 Å². The van der Waals surface area contributed by atoms with Crippen LogP contribution in [0, 0.1) is 5.92 Å². The topological polar surface area (TPSA) is 204 Å². The van der Waals surface area contributed by atoms with E-state index >= 15 is 0 Å². The van der Waals surface area contributed by atoms with Gasteiger partial charge in [-0.25, -0.2) is 17.5 Å². The number of carbonyl (C=O) groups is 3. The van der Waals surface area contributed by atoms with E-state index < -0.39 is 29.1 Å². The Labute approximate surface area is 205 Å². The molecule has 36 heavy (non-hydrogen) atoms. The Morgan fingerprint density at radius 2 is 1.33 bits per heavy atom. The lowest BCUT2D eigenvalue weighted by molar-refractivity contribution is -0.135. The number of hydrazine groups is 3. The quantitative estimate of drug-likeness (QED) is 0.151. The van der Waals surface area contributed by atoms with E-state index in [1.54, 1.807) is 48.5 Å². The summed E-state index contributed by atoms with van der Waals surface area (Å²) in [6, 6.07) is 17.8. The minimum absolute atomic E-state index is 0.124. The molecule has 1 aliphatic carbocycles. The minimum atomic E-state index is -1.94. The van der Waals surface area contributed by atoms with Crippen molar-refractivity contribution < 1.29 is 14.4 Å². The van der Waals surface area contributed by atoms with Crippen LogP contribution in [0.3, 0.4) is 0 Å². The summed E-state index contributed by atoms with van der Waals surface area (Å²) in [5.41, 5.74) is 6.02. The Balaban J connectivity index is 2.17. The van der Waals surface area contributed by atoms with Crippen LogP contribution in [-0.2, 0) is 19.8 Å². The average Bonchev–Trinajstić information content (AvgIpc) is 2.95. The van der Waals surface area contributed by atoms with Crippen molar-refractivity contribution in [2.45, 2.75) is 5.41 Å². The molecule has 12 nitrogen and oxygen atoms in total. The van der Waals surface area contributed by atoms with E-state index in [2.05, 4.69) is 26.3 Å². The van der Waals surface area contributed by atoms with Crippen molar-refractivity contribution in [3.63, 3.8) is 0 Å². The van der Waals surface area contributed by atoms with Crippen molar-refractivity contribution in [3.05, 3.63) is 90.0 Å². The number of nitrogens with two attached hydrogens (primary N) is 3. The number of aromatic nitrogens is 3. The molecule has 12 heteroatoms. The molecule has 0 spiro atoms. The minimum Gasteiger partial charge on any atom is -0.294 e. The summed E-state index contributed by atoms with van der Waals surface area (Å²) in [4.78, 5) is 39.8. The van der Waals surface area contributed by atoms with Gasteiger partial charge in [-0.1, -0.05) is 78.9 Å². The fourth-order valence-corrected chi connectivity index (χ4v) is 4.44. The first-order valence-electron chi connectivity index (χ1n) is 10.8. The summed E-state index contributed by atoms with van der Waals surface area (Å²) in [6.07, 6.45) is 4.29. The Bertz CT molecular complexity index is 1300. The number of rotatable bonds is 6. The third-order valence-electron chi connectivity index (χ3n) is 5.98. The maximum absolute atomic E-state index is 13.8. The fourth-order valence-electron chi connectivity index (χ4n) is 4.44. The molecule has 3 aromatic rings. The molecule has 0 saturated heterocycles. The van der Waals surface area contributed by atoms with Crippen LogP contribution in [0.1, 0.15) is 5.56 Å². The van der Waals surface area contributed by atoms with Gasteiger partial charge in [0.25, 0.3) is 5.91 Å². The number of hydrogen-bond acceptors (Lipinski definition) is 9. The van der Waals surface area contributed by atoms with Crippen molar-refractivity contribution in [2.24, 2.45) is 23.4 Å². The van der Waals surface area contributed by atoms with Gasteiger partial charge in [0.15, 0.2) is 0 Å². The first-order valence-corrected chi connectivity index (χ1v) is 10.8. The molecule has 182 valence electrons. The largest absolute Gasteiger partial charge is 0.294 e. The highest BCUT2D eigenvalue weighted by atomic mass is 16.2. The molecule has 0 radical (unpaired) electrons. The van der Waals surface area contributed by atoms with Gasteiger partial charge < -0.3 is 0 Å². The van der Waals surface area contributed by atoms with Gasteiger partial charge in [0.2, 0.25) is 11.8 Å². The molecule has 2 atom stereocenters. The molecule has 3 amide bonds. The molecular formula is C24H23N9O3. The number of hydrogen-bond donors (Lipinski definition) is 6. The highest BCUT2D eigenvalue weighted by Gasteiger charge is 2.55. The third kappa shape index (κ3) is 4.01. The summed E-state index contributed by atoms with van der Waals surface area (Å²) in [6.45, 7) is 0. The van der Waals surface area contributed by atoms with Gasteiger partial charge in [0, 0.05) is 22.3 Å². The zero-order valence-corrected chi connectivity index (χ0v) is 18.9. The van der Waals surface area contributed by atoms with Crippen LogP contribution in [0.25, 0.3) is 22.5 Å². The van der Waals surface area contributed by atoms with Gasteiger partial charge in [-0.3, -0.25) is 30.7 Å². The molecular weight excluding hydrogens is 462 g/mol. The average molecular weight is 486 g/mol. The monoisotopic (exact) mass is 485 g/mol. The first kappa shape index (κ1) is 24.3. The summed E-state index contributed by atoms with van der Waals surface area (Å²) in [7, 11) is 0. The second kappa shape index (κ2) is 10.2. The van der Waals surface area contributed by atoms with Gasteiger partial charge in [-0.15, -0.1) is 10.2 Å². The van der Waals surface area contributed by atoms with Crippen LogP contribution in [-0.4, -0.2) is 33.1 Å². The van der Waals surface area contributed by atoms with Gasteiger partial charge in [0.1, 0.15) is 16.8 Å². The van der Waals surface area contributed by atoms with Gasteiger partial charge in [-0.05, 0) is 5.21 Å². The first-order chi connectivity index (χ1) is 17.5. The number of nitrogens with zero attached hydrogens (tertiary/aromatic N) is 3. The molecule has 0 fully saturated rings. The maximum Gasteiger partial charge on any atom is 0.261 e. The lowest BCUT2D eigenvalue weighted by Crippen LogP contribution is -2.58. The SMILES string of the molecule is NNC(=O)C1=CC=CC(C(=O)NN)(c2c(-c3ccccc3)nnnc2-c2ccccc2)C1C(=O)NN. The molecule has 0 bridgehead atoms. The van der Waals surface area contributed by atoms with Gasteiger partial charge >= 0.3 is 0 Å². The van der Waals surface area contributed by atoms with E-state index in [9.17, 15) is 14.4 Å². The number of nitrogens with one attached hydrogen (secondary N) is 3. The van der Waals surface area contributed by atoms with Crippen LogP contribution in [0.15, 0.2) is 84.5 Å². The van der Waals surface area contributed by atoms with Gasteiger partial charge in [0.05, 0.1) is 5.92 Å². The van der Waals surface area contributed by atoms with Crippen LogP contribution < -0.4 is 33.8 Å². The number of benzene rings is 2. The van der Waals surface area contributed by atoms with Crippen molar-refractivity contribution in [1.82, 2.24) is 31.7 Å².